The molecule has 1 aliphatic rings. The number of esters is 1. The maximum absolute atomic E-state index is 13.6. The number of amides is 3. The summed E-state index contributed by atoms with van der Waals surface area (Å²) in [5.41, 5.74) is 1.19. The van der Waals surface area contributed by atoms with Crippen molar-refractivity contribution in [1.82, 2.24) is 4.90 Å². The molecule has 8 heteroatoms. The van der Waals surface area contributed by atoms with Crippen LogP contribution >= 0.6 is 0 Å². The highest BCUT2D eigenvalue weighted by Crippen LogP contribution is 2.26. The topological polar surface area (TPSA) is 92.8 Å². The van der Waals surface area contributed by atoms with Gasteiger partial charge in [-0.1, -0.05) is 23.8 Å². The van der Waals surface area contributed by atoms with Crippen molar-refractivity contribution in [3.63, 3.8) is 0 Å². The van der Waals surface area contributed by atoms with E-state index >= 15 is 0 Å². The van der Waals surface area contributed by atoms with Crippen molar-refractivity contribution in [1.29, 1.82) is 0 Å². The maximum atomic E-state index is 13.6. The van der Waals surface area contributed by atoms with E-state index in [9.17, 15) is 23.6 Å². The minimum atomic E-state index is -1.26. The second-order valence-corrected chi connectivity index (χ2v) is 6.75. The first-order valence-corrected chi connectivity index (χ1v) is 8.95. The first kappa shape index (κ1) is 20.2. The van der Waals surface area contributed by atoms with Crippen LogP contribution < -0.4 is 5.32 Å². The van der Waals surface area contributed by atoms with Crippen molar-refractivity contribution in [2.24, 2.45) is 0 Å². The Labute approximate surface area is 166 Å². The number of carbonyl (C=O) groups is 4. The first-order valence-electron chi connectivity index (χ1n) is 8.95. The van der Waals surface area contributed by atoms with E-state index in [0.29, 0.717) is 0 Å². The molecule has 2 aromatic carbocycles. The summed E-state index contributed by atoms with van der Waals surface area (Å²) in [6, 6.07) is 9.15. The summed E-state index contributed by atoms with van der Waals surface area (Å²) in [4.78, 5) is 50.6. The van der Waals surface area contributed by atoms with Gasteiger partial charge in [0.2, 0.25) is 0 Å². The quantitative estimate of drug-likeness (QED) is 0.618. The number of carbonyl (C=O) groups excluding carboxylic acids is 4. The van der Waals surface area contributed by atoms with Gasteiger partial charge in [-0.2, -0.15) is 0 Å². The van der Waals surface area contributed by atoms with Gasteiger partial charge in [0.15, 0.2) is 6.10 Å². The second-order valence-electron chi connectivity index (χ2n) is 6.75. The first-order chi connectivity index (χ1) is 13.7. The Morgan fingerprint density at radius 2 is 1.69 bits per heavy atom. The molecule has 0 bridgehead atoms. The number of hydrogen-bond donors (Lipinski definition) is 1. The summed E-state index contributed by atoms with van der Waals surface area (Å²) >= 11 is 0. The number of nitrogens with zero attached hydrogens (tertiary/aromatic N) is 1. The van der Waals surface area contributed by atoms with E-state index in [4.69, 9.17) is 4.74 Å². The van der Waals surface area contributed by atoms with Crippen LogP contribution in [0.15, 0.2) is 42.5 Å². The Hall–Kier alpha value is -3.55. The van der Waals surface area contributed by atoms with E-state index in [1.807, 2.05) is 0 Å². The number of hydrogen-bond acceptors (Lipinski definition) is 5. The number of benzene rings is 2. The van der Waals surface area contributed by atoms with Gasteiger partial charge in [-0.05, 0) is 45.0 Å². The van der Waals surface area contributed by atoms with Gasteiger partial charge in [0, 0.05) is 0 Å². The van der Waals surface area contributed by atoms with Crippen LogP contribution in [0.1, 0.15) is 40.1 Å². The van der Waals surface area contributed by atoms with E-state index in [0.717, 1.165) is 10.5 Å². The number of rotatable bonds is 5. The zero-order valence-corrected chi connectivity index (χ0v) is 16.1. The molecule has 0 fully saturated rings. The molecule has 2 aromatic rings. The number of halogens is 1. The fourth-order valence-electron chi connectivity index (χ4n) is 2.95. The van der Waals surface area contributed by atoms with Gasteiger partial charge in [-0.15, -0.1) is 0 Å². The van der Waals surface area contributed by atoms with Gasteiger partial charge in [0.05, 0.1) is 16.8 Å². The lowest BCUT2D eigenvalue weighted by atomic mass is 10.1. The number of para-hydroxylation sites is 1. The number of ether oxygens (including phenoxy) is 1. The average molecular weight is 398 g/mol. The van der Waals surface area contributed by atoms with E-state index in [-0.39, 0.29) is 16.8 Å². The molecule has 1 aliphatic heterocycles. The Balaban J connectivity index is 1.68. The SMILES string of the molecule is Cc1ccc2c(c1)C(=O)N(C(C)C(=O)OC(C)C(=O)Nc1ccccc1F)C2=O. The highest BCUT2D eigenvalue weighted by Gasteiger charge is 2.42. The molecular formula is C21H19FN2O5. The summed E-state index contributed by atoms with van der Waals surface area (Å²) in [7, 11) is 0. The Kier molecular flexibility index (Phi) is 5.45. The third-order valence-corrected chi connectivity index (χ3v) is 4.60. The van der Waals surface area contributed by atoms with E-state index in [2.05, 4.69) is 5.32 Å². The van der Waals surface area contributed by atoms with Crippen LogP contribution in [0.2, 0.25) is 0 Å². The fraction of sp³-hybridized carbons (Fsp3) is 0.238. The Morgan fingerprint density at radius 1 is 1.03 bits per heavy atom. The zero-order chi connectivity index (χ0) is 21.3. The third-order valence-electron chi connectivity index (χ3n) is 4.60. The monoisotopic (exact) mass is 398 g/mol. The predicted molar refractivity (Wildman–Crippen MR) is 102 cm³/mol. The van der Waals surface area contributed by atoms with Crippen LogP contribution in [-0.4, -0.2) is 40.7 Å². The fourth-order valence-corrected chi connectivity index (χ4v) is 2.95. The van der Waals surface area contributed by atoms with Crippen molar-refractivity contribution >= 4 is 29.4 Å². The molecular weight excluding hydrogens is 379 g/mol. The van der Waals surface area contributed by atoms with Crippen LogP contribution in [0.25, 0.3) is 0 Å². The molecule has 1 N–H and O–H groups in total. The number of fused-ring (bicyclic) bond motifs is 1. The number of nitrogens with one attached hydrogen (secondary N) is 1. The average Bonchev–Trinajstić information content (AvgIpc) is 2.92. The molecule has 3 amide bonds. The zero-order valence-electron chi connectivity index (χ0n) is 16.1. The molecule has 3 rings (SSSR count). The molecule has 7 nitrogen and oxygen atoms in total. The van der Waals surface area contributed by atoms with Crippen LogP contribution in [0.4, 0.5) is 10.1 Å². The van der Waals surface area contributed by atoms with Crippen molar-refractivity contribution in [3.05, 3.63) is 65.0 Å². The van der Waals surface area contributed by atoms with Crippen molar-refractivity contribution in [2.45, 2.75) is 32.9 Å². The van der Waals surface area contributed by atoms with Gasteiger partial charge < -0.3 is 10.1 Å². The minimum absolute atomic E-state index is 0.0517. The lowest BCUT2D eigenvalue weighted by molar-refractivity contribution is -0.156. The molecule has 0 radical (unpaired) electrons. The summed E-state index contributed by atoms with van der Waals surface area (Å²) in [6.45, 7) is 4.44. The smallest absolute Gasteiger partial charge is 0.329 e. The van der Waals surface area contributed by atoms with Gasteiger partial charge in [-0.3, -0.25) is 19.3 Å². The summed E-state index contributed by atoms with van der Waals surface area (Å²) < 4.78 is 18.7. The van der Waals surface area contributed by atoms with Crippen molar-refractivity contribution in [3.8, 4) is 0 Å². The molecule has 29 heavy (non-hydrogen) atoms. The molecule has 0 aromatic heterocycles. The Morgan fingerprint density at radius 3 is 2.38 bits per heavy atom. The van der Waals surface area contributed by atoms with Crippen LogP contribution in [0, 0.1) is 12.7 Å². The standard InChI is InChI=1S/C21H19FN2O5/c1-11-8-9-14-15(10-11)20(27)24(19(14)26)12(2)21(28)29-13(3)18(25)23-17-7-5-4-6-16(17)22/h4-10,12-13H,1-3H3,(H,23,25). The summed E-state index contributed by atoms with van der Waals surface area (Å²) in [6.07, 6.45) is -1.26. The van der Waals surface area contributed by atoms with Crippen LogP contribution in [0.3, 0.4) is 0 Å². The van der Waals surface area contributed by atoms with E-state index < -0.39 is 41.7 Å². The highest BCUT2D eigenvalue weighted by molar-refractivity contribution is 6.22. The molecule has 0 saturated carbocycles. The molecule has 2 atom stereocenters. The number of imide groups is 1. The number of anilines is 1. The molecule has 0 saturated heterocycles. The van der Waals surface area contributed by atoms with Gasteiger partial charge in [0.1, 0.15) is 11.9 Å². The van der Waals surface area contributed by atoms with Crippen LogP contribution in [0.5, 0.6) is 0 Å². The predicted octanol–water partition coefficient (Wildman–Crippen LogP) is 2.69. The van der Waals surface area contributed by atoms with Gasteiger partial charge in [0.25, 0.3) is 17.7 Å². The van der Waals surface area contributed by atoms with Crippen molar-refractivity contribution in [2.75, 3.05) is 5.32 Å². The molecule has 1 heterocycles. The van der Waals surface area contributed by atoms with E-state index in [1.165, 1.54) is 38.1 Å². The molecule has 150 valence electrons. The number of aryl methyl sites for hydroxylation is 1. The summed E-state index contributed by atoms with van der Waals surface area (Å²) in [5.74, 6) is -3.49. The van der Waals surface area contributed by atoms with Crippen molar-refractivity contribution < 1.29 is 28.3 Å². The lowest BCUT2D eigenvalue weighted by Gasteiger charge is -2.22. The third kappa shape index (κ3) is 3.87. The van der Waals surface area contributed by atoms with Gasteiger partial charge in [-0.25, -0.2) is 9.18 Å². The lowest BCUT2D eigenvalue weighted by Crippen LogP contribution is -2.45. The maximum Gasteiger partial charge on any atom is 0.329 e. The van der Waals surface area contributed by atoms with Gasteiger partial charge >= 0.3 is 5.97 Å². The minimum Gasteiger partial charge on any atom is -0.451 e. The second kappa shape index (κ2) is 7.83. The molecule has 0 aliphatic carbocycles. The molecule has 0 spiro atoms. The van der Waals surface area contributed by atoms with Crippen LogP contribution in [-0.2, 0) is 14.3 Å². The normalized spacial score (nSPS) is 15.0. The molecule has 2 unspecified atom stereocenters. The summed E-state index contributed by atoms with van der Waals surface area (Å²) in [5, 5.41) is 2.32. The van der Waals surface area contributed by atoms with E-state index in [1.54, 1.807) is 25.1 Å². The highest BCUT2D eigenvalue weighted by atomic mass is 19.1. The Bertz CT molecular complexity index is 1020. The largest absolute Gasteiger partial charge is 0.451 e.